The van der Waals surface area contributed by atoms with Crippen LogP contribution in [0.3, 0.4) is 0 Å². The minimum atomic E-state index is -3.74. The fourth-order valence-corrected chi connectivity index (χ4v) is 9.93. The third-order valence-electron chi connectivity index (χ3n) is 9.06. The second-order valence-corrected chi connectivity index (χ2v) is 16.6. The van der Waals surface area contributed by atoms with E-state index >= 15 is 4.39 Å². The first-order valence-electron chi connectivity index (χ1n) is 15.3. The second kappa shape index (κ2) is 14.3. The smallest absolute Gasteiger partial charge is 0.243 e. The molecule has 242 valence electrons. The summed E-state index contributed by atoms with van der Waals surface area (Å²) in [5, 5.41) is 6.77. The molecule has 2 heterocycles. The van der Waals surface area contributed by atoms with Crippen molar-refractivity contribution in [3.05, 3.63) is 94.8 Å². The third kappa shape index (κ3) is 7.94. The van der Waals surface area contributed by atoms with Crippen molar-refractivity contribution in [2.24, 2.45) is 11.8 Å². The van der Waals surface area contributed by atoms with Crippen LogP contribution in [0.2, 0.25) is 5.02 Å². The molecule has 2 aliphatic heterocycles. The van der Waals surface area contributed by atoms with Crippen molar-refractivity contribution in [3.8, 4) is 0 Å². The maximum atomic E-state index is 15.3. The van der Waals surface area contributed by atoms with E-state index in [4.69, 9.17) is 11.6 Å². The van der Waals surface area contributed by atoms with E-state index in [2.05, 4.69) is 10.6 Å². The Bertz CT molecular complexity index is 1690. The fourth-order valence-electron chi connectivity index (χ4n) is 6.60. The Labute approximate surface area is 270 Å². The highest BCUT2D eigenvalue weighted by atomic mass is 35.5. The molecule has 2 aliphatic rings. The Morgan fingerprint density at radius 2 is 1.73 bits per heavy atom. The summed E-state index contributed by atoms with van der Waals surface area (Å²) in [4.78, 5) is 14.0. The van der Waals surface area contributed by atoms with Crippen molar-refractivity contribution in [1.82, 2.24) is 9.62 Å². The van der Waals surface area contributed by atoms with Crippen LogP contribution in [0.25, 0.3) is 0 Å². The normalized spacial score (nSPS) is 20.7. The highest BCUT2D eigenvalue weighted by Crippen LogP contribution is 2.40. The van der Waals surface area contributed by atoms with Crippen LogP contribution in [0.4, 0.5) is 10.1 Å². The fraction of sp³-hybridized carbons (Fsp3) is 0.424. The lowest BCUT2D eigenvalue weighted by atomic mass is 9.74. The highest BCUT2D eigenvalue weighted by Gasteiger charge is 2.37. The number of hydrogen-bond donors (Lipinski definition) is 2. The zero-order chi connectivity index (χ0) is 32.2. The number of rotatable bonds is 10. The highest BCUT2D eigenvalue weighted by molar-refractivity contribution is 7.91. The summed E-state index contributed by atoms with van der Waals surface area (Å²) in [6.07, 6.45) is 1.47. The molecule has 3 aromatic rings. The van der Waals surface area contributed by atoms with E-state index in [0.717, 1.165) is 5.56 Å². The molecule has 3 atom stereocenters. The minimum Gasteiger partial charge on any atom is -0.325 e. The summed E-state index contributed by atoms with van der Waals surface area (Å²) < 4.78 is 68.0. The first-order valence-corrected chi connectivity index (χ1v) is 18.9. The molecule has 0 radical (unpaired) electrons. The van der Waals surface area contributed by atoms with Gasteiger partial charge in [-0.3, -0.25) is 4.79 Å². The van der Waals surface area contributed by atoms with E-state index in [9.17, 15) is 21.6 Å². The van der Waals surface area contributed by atoms with E-state index in [1.165, 1.54) is 16.4 Å². The zero-order valence-corrected chi connectivity index (χ0v) is 27.6. The van der Waals surface area contributed by atoms with Crippen LogP contribution in [0, 0.1) is 17.7 Å². The third-order valence-corrected chi connectivity index (χ3v) is 13.0. The summed E-state index contributed by atoms with van der Waals surface area (Å²) in [5.74, 6) is -1.47. The van der Waals surface area contributed by atoms with Gasteiger partial charge in [-0.2, -0.15) is 4.31 Å². The molecule has 2 N–H and O–H groups in total. The van der Waals surface area contributed by atoms with Crippen molar-refractivity contribution in [3.63, 3.8) is 0 Å². The first kappa shape index (κ1) is 33.5. The number of halogens is 2. The predicted octanol–water partition coefficient (Wildman–Crippen LogP) is 5.26. The maximum Gasteiger partial charge on any atom is 0.243 e. The lowest BCUT2D eigenvalue weighted by Crippen LogP contribution is -2.53. The Kier molecular flexibility index (Phi) is 10.7. The van der Waals surface area contributed by atoms with Crippen LogP contribution in [-0.2, 0) is 31.1 Å². The van der Waals surface area contributed by atoms with Gasteiger partial charge in [-0.15, -0.1) is 0 Å². The summed E-state index contributed by atoms with van der Waals surface area (Å²) in [5.41, 5.74) is 1.55. The molecule has 2 fully saturated rings. The summed E-state index contributed by atoms with van der Waals surface area (Å²) in [6, 6.07) is 19.7. The van der Waals surface area contributed by atoms with Gasteiger partial charge in [-0.25, -0.2) is 21.2 Å². The first-order chi connectivity index (χ1) is 21.5. The number of hydrogen-bond acceptors (Lipinski definition) is 6. The van der Waals surface area contributed by atoms with Crippen LogP contribution in [0.15, 0.2) is 77.7 Å². The molecule has 0 aromatic heterocycles. The lowest BCUT2D eigenvalue weighted by Gasteiger charge is -2.35. The van der Waals surface area contributed by atoms with E-state index in [1.807, 2.05) is 19.1 Å². The molecule has 0 bridgehead atoms. The Hall–Kier alpha value is -2.83. The number of sulfone groups is 1. The number of carbonyl (C=O) groups is 1. The van der Waals surface area contributed by atoms with E-state index < -0.39 is 37.6 Å². The van der Waals surface area contributed by atoms with Gasteiger partial charge in [0, 0.05) is 47.9 Å². The van der Waals surface area contributed by atoms with E-state index in [0.29, 0.717) is 55.2 Å². The molecular formula is C33H39ClFN3O5S2. The van der Waals surface area contributed by atoms with Gasteiger partial charge in [0.25, 0.3) is 0 Å². The van der Waals surface area contributed by atoms with Crippen molar-refractivity contribution in [2.75, 3.05) is 36.5 Å². The second-order valence-electron chi connectivity index (χ2n) is 11.9. The van der Waals surface area contributed by atoms with Crippen molar-refractivity contribution in [2.45, 2.75) is 49.5 Å². The van der Waals surface area contributed by atoms with Crippen molar-refractivity contribution in [1.29, 1.82) is 0 Å². The van der Waals surface area contributed by atoms with Crippen LogP contribution in [0.5, 0.6) is 0 Å². The minimum absolute atomic E-state index is 0.0289. The molecule has 3 aromatic carbocycles. The molecule has 8 nitrogen and oxygen atoms in total. The molecular weight excluding hydrogens is 637 g/mol. The summed E-state index contributed by atoms with van der Waals surface area (Å²) in [7, 11) is -6.84. The number of piperazine rings is 1. The number of anilines is 1. The Morgan fingerprint density at radius 1 is 1.04 bits per heavy atom. The van der Waals surface area contributed by atoms with Gasteiger partial charge in [-0.1, -0.05) is 54.9 Å². The monoisotopic (exact) mass is 675 g/mol. The SMILES string of the molecule is C[C@H](C(=O)Nc1cccc(F)c1CC[C@H]1CNCCN1S(=O)(=O)c1ccccc1)C(c1ccc(Cl)cc1)C1CCS(=O)(=O)CC1. The van der Waals surface area contributed by atoms with Gasteiger partial charge in [0.2, 0.25) is 15.9 Å². The molecule has 12 heteroatoms. The Morgan fingerprint density at radius 3 is 2.42 bits per heavy atom. The molecule has 1 amide bonds. The largest absolute Gasteiger partial charge is 0.325 e. The van der Waals surface area contributed by atoms with Crippen LogP contribution in [-0.4, -0.2) is 64.2 Å². The average Bonchev–Trinajstić information content (AvgIpc) is 3.03. The van der Waals surface area contributed by atoms with Gasteiger partial charge in [0.15, 0.2) is 0 Å². The van der Waals surface area contributed by atoms with Gasteiger partial charge >= 0.3 is 0 Å². The quantitative estimate of drug-likeness (QED) is 0.303. The molecule has 5 rings (SSSR count). The van der Waals surface area contributed by atoms with Gasteiger partial charge in [-0.05, 0) is 79.5 Å². The predicted molar refractivity (Wildman–Crippen MR) is 175 cm³/mol. The number of amides is 1. The van der Waals surface area contributed by atoms with Crippen LogP contribution in [0.1, 0.15) is 43.2 Å². The Balaban J connectivity index is 1.34. The molecule has 45 heavy (non-hydrogen) atoms. The number of carbonyl (C=O) groups excluding carboxylic acids is 1. The van der Waals surface area contributed by atoms with E-state index in [-0.39, 0.29) is 40.6 Å². The summed E-state index contributed by atoms with van der Waals surface area (Å²) >= 11 is 6.14. The van der Waals surface area contributed by atoms with Crippen LogP contribution >= 0.6 is 11.6 Å². The summed E-state index contributed by atoms with van der Waals surface area (Å²) in [6.45, 7) is 3.06. The average molecular weight is 676 g/mol. The van der Waals surface area contributed by atoms with Gasteiger partial charge < -0.3 is 10.6 Å². The standard InChI is InChI=1S/C33H39ClFN3O5S2/c1-23(32(24-10-12-26(34)13-11-24)25-16-20-44(40,41)21-17-25)33(39)37-31-9-5-8-30(35)29(31)15-14-27-22-36-18-19-38(27)45(42,43)28-6-3-2-4-7-28/h2-13,23,25,27,32,36H,14-22H2,1H3,(H,37,39)/t23-,27-,32?/m0/s1. The number of benzene rings is 3. The van der Waals surface area contributed by atoms with Crippen LogP contribution < -0.4 is 10.6 Å². The van der Waals surface area contributed by atoms with Gasteiger partial charge in [0.1, 0.15) is 15.7 Å². The molecule has 0 aliphatic carbocycles. The topological polar surface area (TPSA) is 113 Å². The number of nitrogens with one attached hydrogen (secondary N) is 2. The number of sulfonamides is 1. The molecule has 2 saturated heterocycles. The molecule has 0 saturated carbocycles. The lowest BCUT2D eigenvalue weighted by molar-refractivity contribution is -0.120. The zero-order valence-electron chi connectivity index (χ0n) is 25.2. The van der Waals surface area contributed by atoms with Crippen molar-refractivity contribution < 1.29 is 26.0 Å². The van der Waals surface area contributed by atoms with E-state index in [1.54, 1.807) is 48.5 Å². The maximum absolute atomic E-state index is 15.3. The van der Waals surface area contributed by atoms with Crippen molar-refractivity contribution >= 4 is 43.1 Å². The van der Waals surface area contributed by atoms with Gasteiger partial charge in [0.05, 0.1) is 16.4 Å². The molecule has 0 spiro atoms. The number of nitrogens with zero attached hydrogens (tertiary/aromatic N) is 1. The molecule has 1 unspecified atom stereocenters.